The molecule has 2 saturated heterocycles. The number of likely N-dealkylation sites (N-methyl/N-ethyl adjacent to an activating group) is 4. The Labute approximate surface area is 527 Å². The van der Waals surface area contributed by atoms with Crippen LogP contribution in [0.1, 0.15) is 139 Å². The lowest BCUT2D eigenvalue weighted by Crippen LogP contribution is -2.61. The zero-order chi connectivity index (χ0) is 65.9. The Morgan fingerprint density at radius 1 is 0.629 bits per heavy atom. The van der Waals surface area contributed by atoms with Crippen molar-refractivity contribution in [3.05, 3.63) is 102 Å². The lowest BCUT2D eigenvalue weighted by Gasteiger charge is -2.39. The first-order valence-electron chi connectivity index (χ1n) is 32.1. The molecule has 4 aromatic rings. The van der Waals surface area contributed by atoms with E-state index in [1.807, 2.05) is 133 Å². The largest absolute Gasteiger partial charge is 0.450 e. The van der Waals surface area contributed by atoms with Gasteiger partial charge in [0, 0.05) is 89.8 Å². The van der Waals surface area contributed by atoms with E-state index in [1.54, 1.807) is 34.0 Å². The van der Waals surface area contributed by atoms with Gasteiger partial charge in [-0.15, -0.1) is 0 Å². The summed E-state index contributed by atoms with van der Waals surface area (Å²) in [5.74, 6) is -9.51. The first-order valence-corrected chi connectivity index (χ1v) is 32.1. The van der Waals surface area contributed by atoms with Crippen molar-refractivity contribution in [2.45, 2.75) is 189 Å². The van der Waals surface area contributed by atoms with Crippen LogP contribution in [-0.4, -0.2) is 170 Å². The average molecular weight is 1230 g/mol. The van der Waals surface area contributed by atoms with Crippen LogP contribution in [0, 0.1) is 41.4 Å². The Hall–Kier alpha value is -7.34. The van der Waals surface area contributed by atoms with Gasteiger partial charge in [-0.05, 0) is 104 Å². The number of nitrogens with one attached hydrogen (secondary N) is 1. The lowest BCUT2D eigenvalue weighted by molar-refractivity contribution is -0.178. The number of pyridine rings is 1. The molecular weight excluding hydrogens is 1130 g/mol. The van der Waals surface area contributed by atoms with Crippen LogP contribution in [0.15, 0.2) is 91.1 Å². The standard InChI is InChI=1S/C71H99N7O11/c1-17-45(9)53-41-58(79)56-30-24-34-78(56)68(85)57(38-48-27-22-28-49(36-48)50-31-32-54-51(39-50)29-23-33-72-54)74(13)67(84)55(37-47-25-20-19-21-26-47)73-64(81)61(44(7)8)76(15)69(86)62(46(10)18-2)89-70(87)63(71(11,12)88)77(16)65(82)52(35-42(3)4)40-59(80)60(43(5)6)75(14)66(53)83/h19-23,25-29,31-33,36,39,42-46,52-53,55-57,60-63,88H,17-18,24,30,34-35,37-38,40-41H2,1-16H3,(H,73,81)/t45?,46?,52-,53+,55+,56+,57+,60+,61+,62-,63-/m1/s1. The number of hydrogen-bond acceptors (Lipinski definition) is 12. The fraction of sp³-hybridized carbons (Fsp3) is 0.577. The third-order valence-electron chi connectivity index (χ3n) is 18.5. The van der Waals surface area contributed by atoms with Crippen molar-refractivity contribution in [1.29, 1.82) is 0 Å². The number of fused-ring (bicyclic) bond motifs is 2. The van der Waals surface area contributed by atoms with Crippen molar-refractivity contribution in [1.82, 2.24) is 34.8 Å². The molecule has 6 amide bonds. The minimum absolute atomic E-state index is 0.00612. The monoisotopic (exact) mass is 1230 g/mol. The summed E-state index contributed by atoms with van der Waals surface area (Å²) in [5, 5.41) is 15.7. The second-order valence-corrected chi connectivity index (χ2v) is 26.9. The number of carbonyl (C=O) groups is 9. The van der Waals surface area contributed by atoms with Crippen LogP contribution in [0.4, 0.5) is 0 Å². The number of rotatable bonds is 14. The zero-order valence-electron chi connectivity index (χ0n) is 55.5. The highest BCUT2D eigenvalue weighted by Gasteiger charge is 2.48. The number of amides is 6. The maximum absolute atomic E-state index is 15.8. The average Bonchev–Trinajstić information content (AvgIpc) is 2.39. The number of nitrogens with zero attached hydrogens (tertiary/aromatic N) is 6. The first-order chi connectivity index (χ1) is 41.9. The van der Waals surface area contributed by atoms with E-state index in [0.29, 0.717) is 36.8 Å². The molecule has 1 aromatic heterocycles. The minimum Gasteiger partial charge on any atom is -0.450 e. The van der Waals surface area contributed by atoms with Crippen molar-refractivity contribution in [3.63, 3.8) is 0 Å². The smallest absolute Gasteiger partial charge is 0.332 e. The second-order valence-electron chi connectivity index (χ2n) is 26.9. The van der Waals surface area contributed by atoms with E-state index in [2.05, 4.69) is 10.3 Å². The number of carbonyl (C=O) groups excluding carboxylic acids is 9. The Kier molecular flexibility index (Phi) is 24.6. The van der Waals surface area contributed by atoms with Gasteiger partial charge >= 0.3 is 5.97 Å². The fourth-order valence-corrected chi connectivity index (χ4v) is 13.2. The number of Topliss-reactive ketones (excluding diaryl/α,β-unsaturated/α-hetero) is 2. The Bertz CT molecular complexity index is 3160. The molecule has 89 heavy (non-hydrogen) atoms. The molecule has 0 aliphatic carbocycles. The number of hydrogen-bond donors (Lipinski definition) is 2. The van der Waals surface area contributed by atoms with Gasteiger partial charge in [-0.25, -0.2) is 4.79 Å². The van der Waals surface area contributed by atoms with Crippen molar-refractivity contribution in [2.24, 2.45) is 41.4 Å². The summed E-state index contributed by atoms with van der Waals surface area (Å²) in [6, 6.07) is 19.1. The highest BCUT2D eigenvalue weighted by molar-refractivity contribution is 5.99. The van der Waals surface area contributed by atoms with Crippen LogP contribution in [-0.2, 0) is 60.7 Å². The normalized spacial score (nSPS) is 25.1. The Morgan fingerprint density at radius 3 is 1.88 bits per heavy atom. The van der Waals surface area contributed by atoms with E-state index in [4.69, 9.17) is 4.74 Å². The highest BCUT2D eigenvalue weighted by atomic mass is 16.6. The Balaban J connectivity index is 1.52. The topological polar surface area (TPSA) is 224 Å². The van der Waals surface area contributed by atoms with Crippen molar-refractivity contribution < 1.29 is 53.0 Å². The minimum atomic E-state index is -1.95. The summed E-state index contributed by atoms with van der Waals surface area (Å²) in [5.41, 5.74) is 2.04. The Morgan fingerprint density at radius 2 is 1.26 bits per heavy atom. The molecule has 2 unspecified atom stereocenters. The molecular formula is C71H99N7O11. The van der Waals surface area contributed by atoms with Crippen LogP contribution in [0.5, 0.6) is 0 Å². The summed E-state index contributed by atoms with van der Waals surface area (Å²) in [4.78, 5) is 148. The predicted molar refractivity (Wildman–Crippen MR) is 344 cm³/mol. The maximum atomic E-state index is 15.8. The van der Waals surface area contributed by atoms with Gasteiger partial charge in [0.15, 0.2) is 23.7 Å². The summed E-state index contributed by atoms with van der Waals surface area (Å²) in [7, 11) is 5.85. The number of ketones is 2. The van der Waals surface area contributed by atoms with Crippen molar-refractivity contribution >= 4 is 63.9 Å². The van der Waals surface area contributed by atoms with E-state index in [-0.39, 0.29) is 56.3 Å². The third-order valence-corrected chi connectivity index (χ3v) is 18.5. The molecule has 0 saturated carbocycles. The lowest BCUT2D eigenvalue weighted by atomic mass is 9.82. The van der Waals surface area contributed by atoms with Gasteiger partial charge < -0.3 is 39.7 Å². The van der Waals surface area contributed by atoms with Crippen molar-refractivity contribution in [3.8, 4) is 11.1 Å². The van der Waals surface area contributed by atoms with Gasteiger partial charge in [-0.3, -0.25) is 43.3 Å². The molecule has 484 valence electrons. The van der Waals surface area contributed by atoms with Gasteiger partial charge in [0.05, 0.1) is 23.2 Å². The molecule has 0 spiro atoms. The molecule has 2 aliphatic rings. The summed E-state index contributed by atoms with van der Waals surface area (Å²) in [6.45, 7) is 21.1. The quantitative estimate of drug-likeness (QED) is 0.113. The molecule has 3 heterocycles. The van der Waals surface area contributed by atoms with E-state index in [0.717, 1.165) is 26.9 Å². The van der Waals surface area contributed by atoms with Crippen LogP contribution < -0.4 is 5.32 Å². The molecule has 18 heteroatoms. The molecule has 6 rings (SSSR count). The SMILES string of the molecule is CCC(C)[C@@H]1CC(=O)[C@@H]2CCCN2C(=O)[C@H](Cc2cccc(-c3ccc4ncccc4c3)c2)N(C)C(=O)[C@H](Cc2ccccc2)NC(=O)[C@H](C(C)C)N(C)C(=O)[C@@H](C(C)CC)OC(=O)[C@H](C(C)(C)O)N(C)C(=O)[C@H](CC(C)C)CC(=O)[C@H](C(C)C)N(C)C1=O. The number of esters is 1. The van der Waals surface area contributed by atoms with E-state index >= 15 is 28.8 Å². The van der Waals surface area contributed by atoms with Crippen LogP contribution in [0.2, 0.25) is 0 Å². The van der Waals surface area contributed by atoms with Gasteiger partial charge in [-0.2, -0.15) is 0 Å². The molecule has 3 aromatic carbocycles. The van der Waals surface area contributed by atoms with Gasteiger partial charge in [-0.1, -0.05) is 142 Å². The highest BCUT2D eigenvalue weighted by Crippen LogP contribution is 2.33. The van der Waals surface area contributed by atoms with E-state index in [1.165, 1.54) is 54.6 Å². The number of cyclic esters (lactones) is 1. The third kappa shape index (κ3) is 17.1. The molecule has 0 radical (unpaired) electrons. The van der Waals surface area contributed by atoms with Gasteiger partial charge in [0.1, 0.15) is 18.1 Å². The van der Waals surface area contributed by atoms with E-state index in [9.17, 15) is 19.5 Å². The number of aliphatic hydroxyl groups is 1. The zero-order valence-corrected chi connectivity index (χ0v) is 55.5. The summed E-state index contributed by atoms with van der Waals surface area (Å²) in [6.07, 6.45) is 1.47. The molecule has 0 bridgehead atoms. The second kappa shape index (κ2) is 30.9. The van der Waals surface area contributed by atoms with E-state index < -0.39 is 125 Å². The number of ether oxygens (including phenoxy) is 1. The molecule has 18 nitrogen and oxygen atoms in total. The van der Waals surface area contributed by atoms with Crippen LogP contribution in [0.25, 0.3) is 22.0 Å². The van der Waals surface area contributed by atoms with Crippen molar-refractivity contribution in [2.75, 3.05) is 34.7 Å². The summed E-state index contributed by atoms with van der Waals surface area (Å²) < 4.78 is 6.17. The number of benzene rings is 3. The fourth-order valence-electron chi connectivity index (χ4n) is 13.2. The van der Waals surface area contributed by atoms with Gasteiger partial charge in [0.25, 0.3) is 5.91 Å². The predicted octanol–water partition coefficient (Wildman–Crippen LogP) is 8.77. The molecule has 2 fully saturated rings. The first kappa shape index (κ1) is 70.7. The van der Waals surface area contributed by atoms with Crippen LogP contribution >= 0.6 is 0 Å². The molecule has 2 aliphatic heterocycles. The van der Waals surface area contributed by atoms with Gasteiger partial charge in [0.2, 0.25) is 29.5 Å². The summed E-state index contributed by atoms with van der Waals surface area (Å²) >= 11 is 0. The number of aromatic nitrogens is 1. The molecule has 2 N–H and O–H groups in total. The van der Waals surface area contributed by atoms with Crippen LogP contribution in [0.3, 0.4) is 0 Å². The molecule has 11 atom stereocenters. The maximum Gasteiger partial charge on any atom is 0.332 e.